The Hall–Kier alpha value is -1.95. The van der Waals surface area contributed by atoms with Gasteiger partial charge >= 0.3 is 0 Å². The number of hydrogen-bond donors (Lipinski definition) is 1. The van der Waals surface area contributed by atoms with Gasteiger partial charge in [0.15, 0.2) is 10.9 Å². The van der Waals surface area contributed by atoms with Crippen LogP contribution in [0.5, 0.6) is 5.75 Å². The molecular weight excluding hydrogens is 371 g/mol. The first kappa shape index (κ1) is 18.8. The molecule has 1 aromatic carbocycles. The Balaban J connectivity index is 0.00000196. The second kappa shape index (κ2) is 8.62. The number of H-pyrrole nitrogens is 1. The predicted molar refractivity (Wildman–Crippen MR) is 109 cm³/mol. The van der Waals surface area contributed by atoms with Crippen LogP contribution >= 0.6 is 24.0 Å². The minimum Gasteiger partial charge on any atom is -0.489 e. The third-order valence-electron chi connectivity index (χ3n) is 4.67. The number of aromatic amines is 1. The molecule has 0 bridgehead atoms. The number of hydrogen-bond acceptors (Lipinski definition) is 4. The van der Waals surface area contributed by atoms with Crippen LogP contribution in [0, 0.1) is 0 Å². The van der Waals surface area contributed by atoms with Crippen molar-refractivity contribution in [2.75, 3.05) is 44.2 Å². The quantitative estimate of drug-likeness (QED) is 0.669. The highest BCUT2D eigenvalue weighted by atomic mass is 35.5. The average Bonchev–Trinajstić information content (AvgIpc) is 3.13. The largest absolute Gasteiger partial charge is 0.489 e. The third-order valence-corrected chi connectivity index (χ3v) is 4.96. The zero-order chi connectivity index (χ0) is 17.1. The highest BCUT2D eigenvalue weighted by molar-refractivity contribution is 6.30. The molecular formula is C19H22Cl2N4O. The third kappa shape index (κ3) is 4.06. The molecule has 0 atom stereocenters. The van der Waals surface area contributed by atoms with E-state index >= 15 is 0 Å². The zero-order valence-corrected chi connectivity index (χ0v) is 16.0. The van der Waals surface area contributed by atoms with E-state index in [0.29, 0.717) is 17.5 Å². The van der Waals surface area contributed by atoms with Crippen molar-refractivity contribution in [3.63, 3.8) is 0 Å². The van der Waals surface area contributed by atoms with Gasteiger partial charge in [0.2, 0.25) is 0 Å². The van der Waals surface area contributed by atoms with E-state index in [1.54, 1.807) is 6.20 Å². The second-order valence-electron chi connectivity index (χ2n) is 6.19. The van der Waals surface area contributed by atoms with E-state index in [4.69, 9.17) is 16.3 Å². The number of benzene rings is 1. The van der Waals surface area contributed by atoms with Gasteiger partial charge in [-0.2, -0.15) is 0 Å². The SMILES string of the molecule is Cl.Clc1ncccc1OCCN1CCN(c2cccc3[nH]ccc23)CC1. The number of fused-ring (bicyclic) bond motifs is 1. The molecule has 0 aliphatic carbocycles. The molecule has 1 saturated heterocycles. The molecule has 2 aromatic heterocycles. The molecule has 0 unspecified atom stereocenters. The highest BCUT2D eigenvalue weighted by Crippen LogP contribution is 2.27. The molecule has 1 N–H and O–H groups in total. The smallest absolute Gasteiger partial charge is 0.171 e. The number of aromatic nitrogens is 2. The van der Waals surface area contributed by atoms with Crippen LogP contribution in [-0.4, -0.2) is 54.2 Å². The lowest BCUT2D eigenvalue weighted by Crippen LogP contribution is -2.47. The Morgan fingerprint density at radius 2 is 1.92 bits per heavy atom. The number of rotatable bonds is 5. The van der Waals surface area contributed by atoms with Crippen molar-refractivity contribution in [1.29, 1.82) is 0 Å². The molecule has 0 saturated carbocycles. The van der Waals surface area contributed by atoms with Gasteiger partial charge < -0.3 is 14.6 Å². The molecule has 4 rings (SSSR count). The lowest BCUT2D eigenvalue weighted by molar-refractivity contribution is 0.200. The Bertz CT molecular complexity index is 846. The molecule has 3 aromatic rings. The summed E-state index contributed by atoms with van der Waals surface area (Å²) in [6.45, 7) is 5.64. The van der Waals surface area contributed by atoms with Gasteiger partial charge in [-0.05, 0) is 30.3 Å². The molecule has 1 aliphatic rings. The summed E-state index contributed by atoms with van der Waals surface area (Å²) in [5.41, 5.74) is 2.51. The molecule has 138 valence electrons. The van der Waals surface area contributed by atoms with Crippen LogP contribution in [0.25, 0.3) is 10.9 Å². The number of piperazine rings is 1. The Morgan fingerprint density at radius 1 is 1.08 bits per heavy atom. The van der Waals surface area contributed by atoms with Crippen LogP contribution in [-0.2, 0) is 0 Å². The maximum Gasteiger partial charge on any atom is 0.171 e. The van der Waals surface area contributed by atoms with Crippen molar-refractivity contribution >= 4 is 40.6 Å². The fraction of sp³-hybridized carbons (Fsp3) is 0.316. The van der Waals surface area contributed by atoms with Gasteiger partial charge in [0.05, 0.1) is 0 Å². The zero-order valence-electron chi connectivity index (χ0n) is 14.4. The standard InChI is InChI=1S/C19H21ClN4O.ClH/c20-19-18(5-2-7-22-19)25-14-13-23-9-11-24(12-10-23)17-4-1-3-16-15(17)6-8-21-16;/h1-8,21H,9-14H2;1H. The van der Waals surface area contributed by atoms with Crippen molar-refractivity contribution < 1.29 is 4.74 Å². The van der Waals surface area contributed by atoms with Crippen molar-refractivity contribution in [1.82, 2.24) is 14.9 Å². The van der Waals surface area contributed by atoms with E-state index in [2.05, 4.69) is 44.0 Å². The summed E-state index contributed by atoms with van der Waals surface area (Å²) in [6, 6.07) is 12.3. The summed E-state index contributed by atoms with van der Waals surface area (Å²) in [6.07, 6.45) is 3.67. The van der Waals surface area contributed by atoms with E-state index in [-0.39, 0.29) is 12.4 Å². The molecule has 7 heteroatoms. The fourth-order valence-corrected chi connectivity index (χ4v) is 3.49. The molecule has 0 amide bonds. The van der Waals surface area contributed by atoms with E-state index in [9.17, 15) is 0 Å². The molecule has 1 fully saturated rings. The second-order valence-corrected chi connectivity index (χ2v) is 6.54. The van der Waals surface area contributed by atoms with Crippen molar-refractivity contribution in [2.45, 2.75) is 0 Å². The van der Waals surface area contributed by atoms with Crippen molar-refractivity contribution in [2.24, 2.45) is 0 Å². The van der Waals surface area contributed by atoms with Gasteiger partial charge in [0.1, 0.15) is 6.61 Å². The minimum atomic E-state index is 0. The van der Waals surface area contributed by atoms with Gasteiger partial charge in [-0.1, -0.05) is 17.7 Å². The Labute approximate surface area is 164 Å². The van der Waals surface area contributed by atoms with Gasteiger partial charge in [-0.3, -0.25) is 4.90 Å². The first-order chi connectivity index (χ1) is 12.3. The van der Waals surface area contributed by atoms with Crippen LogP contribution in [0.2, 0.25) is 5.15 Å². The molecule has 1 aliphatic heterocycles. The number of nitrogens with one attached hydrogen (secondary N) is 1. The molecule has 26 heavy (non-hydrogen) atoms. The van der Waals surface area contributed by atoms with Crippen LogP contribution in [0.1, 0.15) is 0 Å². The maximum absolute atomic E-state index is 6.01. The summed E-state index contributed by atoms with van der Waals surface area (Å²) in [5, 5.41) is 1.72. The summed E-state index contributed by atoms with van der Waals surface area (Å²) in [7, 11) is 0. The van der Waals surface area contributed by atoms with E-state index < -0.39 is 0 Å². The summed E-state index contributed by atoms with van der Waals surface area (Å²) < 4.78 is 5.74. The molecule has 0 radical (unpaired) electrons. The van der Waals surface area contributed by atoms with E-state index in [0.717, 1.165) is 32.7 Å². The number of anilines is 1. The monoisotopic (exact) mass is 392 g/mol. The van der Waals surface area contributed by atoms with Crippen molar-refractivity contribution in [3.8, 4) is 5.75 Å². The molecule has 0 spiro atoms. The first-order valence-electron chi connectivity index (χ1n) is 8.58. The van der Waals surface area contributed by atoms with Crippen LogP contribution in [0.4, 0.5) is 5.69 Å². The van der Waals surface area contributed by atoms with Gasteiger partial charge in [0.25, 0.3) is 0 Å². The van der Waals surface area contributed by atoms with Crippen LogP contribution in [0.3, 0.4) is 0 Å². The Morgan fingerprint density at radius 3 is 2.73 bits per heavy atom. The number of pyridine rings is 1. The summed E-state index contributed by atoms with van der Waals surface area (Å²) >= 11 is 6.01. The Kier molecular flexibility index (Phi) is 6.25. The minimum absolute atomic E-state index is 0. The average molecular weight is 393 g/mol. The van der Waals surface area contributed by atoms with Crippen LogP contribution < -0.4 is 9.64 Å². The maximum atomic E-state index is 6.01. The predicted octanol–water partition coefficient (Wildman–Crippen LogP) is 3.84. The van der Waals surface area contributed by atoms with Crippen LogP contribution in [0.15, 0.2) is 48.8 Å². The normalized spacial score (nSPS) is 15.0. The highest BCUT2D eigenvalue weighted by Gasteiger charge is 2.18. The molecule has 3 heterocycles. The van der Waals surface area contributed by atoms with E-state index in [1.165, 1.54) is 16.6 Å². The molecule has 5 nitrogen and oxygen atoms in total. The van der Waals surface area contributed by atoms with Gasteiger partial charge in [0, 0.05) is 61.7 Å². The lowest BCUT2D eigenvalue weighted by Gasteiger charge is -2.36. The summed E-state index contributed by atoms with van der Waals surface area (Å²) in [4.78, 5) is 12.2. The fourth-order valence-electron chi connectivity index (χ4n) is 3.32. The van der Waals surface area contributed by atoms with Crippen molar-refractivity contribution in [3.05, 3.63) is 53.9 Å². The number of ether oxygens (including phenoxy) is 1. The number of halogens is 2. The topological polar surface area (TPSA) is 44.4 Å². The van der Waals surface area contributed by atoms with Gasteiger partial charge in [-0.25, -0.2) is 4.98 Å². The lowest BCUT2D eigenvalue weighted by atomic mass is 10.1. The number of nitrogens with zero attached hydrogens (tertiary/aromatic N) is 3. The van der Waals surface area contributed by atoms with E-state index in [1.807, 2.05) is 18.3 Å². The summed E-state index contributed by atoms with van der Waals surface area (Å²) in [5.74, 6) is 0.655. The van der Waals surface area contributed by atoms with Gasteiger partial charge in [-0.15, -0.1) is 12.4 Å². The first-order valence-corrected chi connectivity index (χ1v) is 8.96.